The first-order valence-electron chi connectivity index (χ1n) is 9.05. The molecule has 2 amide bonds. The number of hydrogen-bond donors (Lipinski definition) is 1. The molecule has 4 rings (SSSR count). The minimum absolute atomic E-state index is 0.0928. The van der Waals surface area contributed by atoms with Crippen LogP contribution in [0.4, 0.5) is 0 Å². The number of nitrogens with zero attached hydrogens (tertiary/aromatic N) is 2. The Morgan fingerprint density at radius 2 is 1.77 bits per heavy atom. The van der Waals surface area contributed by atoms with E-state index in [1.807, 2.05) is 9.80 Å². The summed E-state index contributed by atoms with van der Waals surface area (Å²) in [6.07, 6.45) is 8.66. The van der Waals surface area contributed by atoms with Gasteiger partial charge < -0.3 is 15.1 Å². The number of likely N-dealkylation sites (tertiary alicyclic amines) is 2. The summed E-state index contributed by atoms with van der Waals surface area (Å²) in [7, 11) is 0. The fourth-order valence-electron chi connectivity index (χ4n) is 4.87. The van der Waals surface area contributed by atoms with Crippen molar-refractivity contribution in [1.29, 1.82) is 0 Å². The molecule has 0 radical (unpaired) electrons. The van der Waals surface area contributed by atoms with Crippen molar-refractivity contribution in [3.63, 3.8) is 0 Å². The molecular weight excluding hydrogens is 278 g/mol. The molecule has 1 aliphatic carbocycles. The lowest BCUT2D eigenvalue weighted by atomic mass is 10.0. The van der Waals surface area contributed by atoms with Crippen LogP contribution >= 0.6 is 0 Å². The van der Waals surface area contributed by atoms with E-state index < -0.39 is 0 Å². The Kier molecular flexibility index (Phi) is 3.84. The molecule has 3 heterocycles. The van der Waals surface area contributed by atoms with Crippen LogP contribution < -0.4 is 5.32 Å². The molecule has 1 N–H and O–H groups in total. The van der Waals surface area contributed by atoms with E-state index in [4.69, 9.17) is 0 Å². The van der Waals surface area contributed by atoms with Crippen LogP contribution in [0.5, 0.6) is 0 Å². The Hall–Kier alpha value is -1.10. The average Bonchev–Trinajstić information content (AvgIpc) is 3.18. The van der Waals surface area contributed by atoms with Crippen molar-refractivity contribution in [2.45, 2.75) is 69.5 Å². The Bertz CT molecular complexity index is 461. The van der Waals surface area contributed by atoms with Crippen LogP contribution in [-0.2, 0) is 9.59 Å². The molecule has 0 aromatic rings. The van der Waals surface area contributed by atoms with Gasteiger partial charge in [0.15, 0.2) is 0 Å². The summed E-state index contributed by atoms with van der Waals surface area (Å²) in [6.45, 7) is 2.37. The summed E-state index contributed by atoms with van der Waals surface area (Å²) in [5.41, 5.74) is 0. The highest BCUT2D eigenvalue weighted by molar-refractivity contribution is 5.89. The second-order valence-corrected chi connectivity index (χ2v) is 7.60. The molecule has 5 nitrogen and oxygen atoms in total. The fourth-order valence-corrected chi connectivity index (χ4v) is 4.87. The Balaban J connectivity index is 1.39. The van der Waals surface area contributed by atoms with Crippen LogP contribution in [0.15, 0.2) is 0 Å². The molecule has 4 aliphatic rings. The van der Waals surface area contributed by atoms with E-state index in [9.17, 15) is 9.59 Å². The summed E-state index contributed by atoms with van der Waals surface area (Å²) in [6, 6.07) is 1.48. The summed E-state index contributed by atoms with van der Waals surface area (Å²) in [5, 5.41) is 3.62. The molecule has 0 aromatic heterocycles. The van der Waals surface area contributed by atoms with E-state index in [0.29, 0.717) is 31.1 Å². The second kappa shape index (κ2) is 5.84. The molecule has 0 aromatic carbocycles. The van der Waals surface area contributed by atoms with Crippen molar-refractivity contribution in [3.05, 3.63) is 0 Å². The van der Waals surface area contributed by atoms with Gasteiger partial charge in [0.2, 0.25) is 11.8 Å². The normalized spacial score (nSPS) is 36.2. The molecule has 4 fully saturated rings. The van der Waals surface area contributed by atoms with Crippen molar-refractivity contribution in [2.75, 3.05) is 19.6 Å². The van der Waals surface area contributed by atoms with Crippen molar-refractivity contribution in [2.24, 2.45) is 5.92 Å². The summed E-state index contributed by atoms with van der Waals surface area (Å²) in [5.74, 6) is 0.340. The molecule has 3 aliphatic heterocycles. The van der Waals surface area contributed by atoms with Gasteiger partial charge in [-0.25, -0.2) is 0 Å². The molecule has 3 unspecified atom stereocenters. The molecular formula is C17H27N3O2. The first kappa shape index (κ1) is 14.5. The molecule has 122 valence electrons. The highest BCUT2D eigenvalue weighted by Crippen LogP contribution is 2.31. The quantitative estimate of drug-likeness (QED) is 0.832. The maximum absolute atomic E-state index is 12.9. The van der Waals surface area contributed by atoms with Crippen molar-refractivity contribution in [1.82, 2.24) is 15.1 Å². The third kappa shape index (κ3) is 2.64. The number of rotatable bonds is 2. The molecule has 2 bridgehead atoms. The van der Waals surface area contributed by atoms with E-state index in [2.05, 4.69) is 5.32 Å². The minimum Gasteiger partial charge on any atom is -0.341 e. The molecule has 1 saturated carbocycles. The predicted molar refractivity (Wildman–Crippen MR) is 83.2 cm³/mol. The fraction of sp³-hybridized carbons (Fsp3) is 0.882. The van der Waals surface area contributed by atoms with Gasteiger partial charge in [0.05, 0.1) is 5.92 Å². The molecule has 3 atom stereocenters. The smallest absolute Gasteiger partial charge is 0.228 e. The van der Waals surface area contributed by atoms with E-state index in [1.54, 1.807) is 0 Å². The Labute approximate surface area is 132 Å². The Morgan fingerprint density at radius 1 is 1.00 bits per heavy atom. The maximum Gasteiger partial charge on any atom is 0.228 e. The van der Waals surface area contributed by atoms with Gasteiger partial charge in [0, 0.05) is 44.2 Å². The summed E-state index contributed by atoms with van der Waals surface area (Å²) < 4.78 is 0. The van der Waals surface area contributed by atoms with Crippen LogP contribution in [0, 0.1) is 5.92 Å². The summed E-state index contributed by atoms with van der Waals surface area (Å²) >= 11 is 0. The maximum atomic E-state index is 12.9. The zero-order valence-corrected chi connectivity index (χ0v) is 13.3. The van der Waals surface area contributed by atoms with E-state index >= 15 is 0 Å². The van der Waals surface area contributed by atoms with Gasteiger partial charge >= 0.3 is 0 Å². The largest absolute Gasteiger partial charge is 0.341 e. The van der Waals surface area contributed by atoms with Gasteiger partial charge in [-0.1, -0.05) is 12.8 Å². The third-order valence-corrected chi connectivity index (χ3v) is 6.11. The number of carbonyl (C=O) groups excluding carboxylic acids is 2. The highest BCUT2D eigenvalue weighted by atomic mass is 16.2. The van der Waals surface area contributed by atoms with Gasteiger partial charge in [0.25, 0.3) is 0 Å². The van der Waals surface area contributed by atoms with E-state index in [1.165, 1.54) is 25.7 Å². The zero-order valence-electron chi connectivity index (χ0n) is 13.3. The zero-order chi connectivity index (χ0) is 15.1. The van der Waals surface area contributed by atoms with Crippen molar-refractivity contribution < 1.29 is 9.59 Å². The van der Waals surface area contributed by atoms with Crippen molar-refractivity contribution >= 4 is 11.8 Å². The number of carbonyl (C=O) groups is 2. The number of fused-ring (bicyclic) bond motifs is 2. The standard InChI is InChI=1S/C17H27N3O2/c21-16-9-12(10-20(16)15-3-1-2-4-15)17(22)19-8-7-13-5-6-14(11-19)18-13/h12-15,18H,1-11H2. The van der Waals surface area contributed by atoms with Gasteiger partial charge in [-0.15, -0.1) is 0 Å². The van der Waals surface area contributed by atoms with Crippen LogP contribution in [-0.4, -0.2) is 59.4 Å². The number of nitrogens with one attached hydrogen (secondary N) is 1. The van der Waals surface area contributed by atoms with Gasteiger partial charge in [-0.05, 0) is 32.1 Å². The predicted octanol–water partition coefficient (Wildman–Crippen LogP) is 1.13. The van der Waals surface area contributed by atoms with Gasteiger partial charge in [0.1, 0.15) is 0 Å². The van der Waals surface area contributed by atoms with Gasteiger partial charge in [-0.2, -0.15) is 0 Å². The second-order valence-electron chi connectivity index (χ2n) is 7.60. The van der Waals surface area contributed by atoms with E-state index in [0.717, 1.165) is 32.4 Å². The van der Waals surface area contributed by atoms with Crippen LogP contribution in [0.2, 0.25) is 0 Å². The highest BCUT2D eigenvalue weighted by Gasteiger charge is 2.41. The topological polar surface area (TPSA) is 52.7 Å². The molecule has 0 spiro atoms. The lowest BCUT2D eigenvalue weighted by Gasteiger charge is -2.28. The SMILES string of the molecule is O=C(C1CC(=O)N(C2CCCC2)C1)N1CCC2CCC(C1)N2. The van der Waals surface area contributed by atoms with Crippen LogP contribution in [0.1, 0.15) is 51.4 Å². The number of amides is 2. The van der Waals surface area contributed by atoms with Crippen molar-refractivity contribution in [3.8, 4) is 0 Å². The monoisotopic (exact) mass is 305 g/mol. The molecule has 3 saturated heterocycles. The summed E-state index contributed by atoms with van der Waals surface area (Å²) in [4.78, 5) is 29.2. The Morgan fingerprint density at radius 3 is 2.59 bits per heavy atom. The molecule has 22 heavy (non-hydrogen) atoms. The van der Waals surface area contributed by atoms with Gasteiger partial charge in [-0.3, -0.25) is 9.59 Å². The first-order valence-corrected chi connectivity index (χ1v) is 9.05. The number of hydrogen-bond acceptors (Lipinski definition) is 3. The lowest BCUT2D eigenvalue weighted by Crippen LogP contribution is -2.43. The molecule has 5 heteroatoms. The first-order chi connectivity index (χ1) is 10.7. The van der Waals surface area contributed by atoms with Crippen LogP contribution in [0.3, 0.4) is 0 Å². The lowest BCUT2D eigenvalue weighted by molar-refractivity contribution is -0.136. The average molecular weight is 305 g/mol. The van der Waals surface area contributed by atoms with E-state index in [-0.39, 0.29) is 17.7 Å². The third-order valence-electron chi connectivity index (χ3n) is 6.11. The minimum atomic E-state index is -0.0928. The van der Waals surface area contributed by atoms with Crippen LogP contribution in [0.25, 0.3) is 0 Å².